The largest absolute Gasteiger partial charge is 0.496 e. The number of carbonyl (C=O) groups excluding carboxylic acids is 1. The fraction of sp³-hybridized carbons (Fsp3) is 0.143. The lowest BCUT2D eigenvalue weighted by atomic mass is 10.2. The molecule has 0 spiro atoms. The Morgan fingerprint density at radius 2 is 2.10 bits per heavy atom. The normalized spacial score (nSPS) is 10.0. The van der Waals surface area contributed by atoms with Crippen molar-refractivity contribution in [1.82, 2.24) is 4.98 Å². The molecule has 0 bridgehead atoms. The molecular formula is C14H14BrN3O3. The Morgan fingerprint density at radius 1 is 1.33 bits per heavy atom. The number of methoxy groups -OCH3 is 2. The maximum atomic E-state index is 11.6. The van der Waals surface area contributed by atoms with Crippen LogP contribution in [0.15, 0.2) is 34.9 Å². The fourth-order valence-electron chi connectivity index (χ4n) is 1.71. The van der Waals surface area contributed by atoms with E-state index in [-0.39, 0.29) is 11.3 Å². The predicted molar refractivity (Wildman–Crippen MR) is 84.0 cm³/mol. The molecule has 6 nitrogen and oxygen atoms in total. The Hall–Kier alpha value is -2.28. The second-order valence-electron chi connectivity index (χ2n) is 4.12. The molecule has 0 atom stereocenters. The molecule has 21 heavy (non-hydrogen) atoms. The van der Waals surface area contributed by atoms with Gasteiger partial charge in [-0.2, -0.15) is 0 Å². The van der Waals surface area contributed by atoms with Crippen LogP contribution in [-0.4, -0.2) is 25.2 Å². The van der Waals surface area contributed by atoms with Gasteiger partial charge in [0, 0.05) is 5.69 Å². The first-order valence-corrected chi connectivity index (χ1v) is 6.79. The summed E-state index contributed by atoms with van der Waals surface area (Å²) in [6.45, 7) is 0. The van der Waals surface area contributed by atoms with Crippen molar-refractivity contribution in [3.63, 3.8) is 0 Å². The molecule has 0 saturated carbocycles. The van der Waals surface area contributed by atoms with Crippen LogP contribution in [0.2, 0.25) is 0 Å². The van der Waals surface area contributed by atoms with E-state index in [9.17, 15) is 4.79 Å². The molecule has 1 heterocycles. The van der Waals surface area contributed by atoms with Crippen molar-refractivity contribution in [3.05, 3.63) is 40.5 Å². The summed E-state index contributed by atoms with van der Waals surface area (Å²) in [5, 5.41) is 3.08. The van der Waals surface area contributed by atoms with Gasteiger partial charge in [0.15, 0.2) is 0 Å². The number of nitrogens with zero attached hydrogens (tertiary/aromatic N) is 1. The number of halogens is 1. The highest BCUT2D eigenvalue weighted by Gasteiger charge is 2.12. The summed E-state index contributed by atoms with van der Waals surface area (Å²) < 4.78 is 10.6. The number of hydrogen-bond donors (Lipinski definition) is 2. The summed E-state index contributed by atoms with van der Waals surface area (Å²) in [5.74, 6) is 0.705. The molecule has 1 aromatic carbocycles. The Morgan fingerprint density at radius 3 is 2.71 bits per heavy atom. The van der Waals surface area contributed by atoms with E-state index in [0.717, 1.165) is 15.9 Å². The van der Waals surface area contributed by atoms with Crippen LogP contribution < -0.4 is 15.8 Å². The highest BCUT2D eigenvalue weighted by atomic mass is 79.9. The van der Waals surface area contributed by atoms with Crippen LogP contribution in [0, 0.1) is 0 Å². The molecule has 0 saturated heterocycles. The molecule has 3 N–H and O–H groups in total. The average Bonchev–Trinajstić information content (AvgIpc) is 2.48. The van der Waals surface area contributed by atoms with Gasteiger partial charge in [0.1, 0.15) is 11.6 Å². The van der Waals surface area contributed by atoms with Gasteiger partial charge < -0.3 is 20.5 Å². The minimum Gasteiger partial charge on any atom is -0.496 e. The quantitative estimate of drug-likeness (QED) is 0.823. The monoisotopic (exact) mass is 351 g/mol. The molecule has 2 rings (SSSR count). The maximum Gasteiger partial charge on any atom is 0.340 e. The van der Waals surface area contributed by atoms with Gasteiger partial charge in [-0.05, 0) is 40.2 Å². The number of rotatable bonds is 4. The van der Waals surface area contributed by atoms with Crippen molar-refractivity contribution in [1.29, 1.82) is 0 Å². The van der Waals surface area contributed by atoms with Crippen LogP contribution >= 0.6 is 15.9 Å². The standard InChI is InChI=1S/C14H14BrN3O3/c1-20-12-4-3-8(5-10(12)15)18-13-6-9(14(19)21-2)11(16)7-17-13/h3-7H,16H2,1-2H3,(H,17,18). The van der Waals surface area contributed by atoms with Crippen LogP contribution in [-0.2, 0) is 4.74 Å². The number of esters is 1. The molecule has 0 fully saturated rings. The van der Waals surface area contributed by atoms with E-state index < -0.39 is 5.97 Å². The molecule has 110 valence electrons. The molecule has 0 amide bonds. The number of nitrogen functional groups attached to an aromatic ring is 1. The van der Waals surface area contributed by atoms with Gasteiger partial charge >= 0.3 is 5.97 Å². The smallest absolute Gasteiger partial charge is 0.340 e. The van der Waals surface area contributed by atoms with Crippen molar-refractivity contribution in [3.8, 4) is 5.75 Å². The Bertz CT molecular complexity index is 677. The summed E-state index contributed by atoms with van der Waals surface area (Å²) in [6, 6.07) is 7.03. The summed E-state index contributed by atoms with van der Waals surface area (Å²) in [4.78, 5) is 15.7. The van der Waals surface area contributed by atoms with Crippen LogP contribution in [0.25, 0.3) is 0 Å². The van der Waals surface area contributed by atoms with Gasteiger partial charge in [0.2, 0.25) is 0 Å². The van der Waals surface area contributed by atoms with Crippen LogP contribution in [0.5, 0.6) is 5.75 Å². The van der Waals surface area contributed by atoms with Gasteiger partial charge in [0.05, 0.1) is 36.1 Å². The molecule has 2 aromatic rings. The van der Waals surface area contributed by atoms with Crippen molar-refractivity contribution >= 4 is 39.1 Å². The predicted octanol–water partition coefficient (Wildman–Crippen LogP) is 2.97. The third kappa shape index (κ3) is 3.43. The number of nitrogens with two attached hydrogens (primary N) is 1. The number of benzene rings is 1. The molecule has 1 aromatic heterocycles. The van der Waals surface area contributed by atoms with E-state index in [1.54, 1.807) is 13.2 Å². The van der Waals surface area contributed by atoms with Gasteiger partial charge in [-0.3, -0.25) is 0 Å². The maximum absolute atomic E-state index is 11.6. The van der Waals surface area contributed by atoms with Crippen LogP contribution in [0.4, 0.5) is 17.2 Å². The molecule has 0 aliphatic carbocycles. The Labute approximate surface area is 130 Å². The minimum absolute atomic E-state index is 0.266. The first kappa shape index (κ1) is 15.1. The molecule has 0 aliphatic heterocycles. The lowest BCUT2D eigenvalue weighted by Crippen LogP contribution is -2.07. The van der Waals surface area contributed by atoms with E-state index in [1.165, 1.54) is 13.3 Å². The average molecular weight is 352 g/mol. The first-order chi connectivity index (χ1) is 10.0. The fourth-order valence-corrected chi connectivity index (χ4v) is 2.25. The van der Waals surface area contributed by atoms with Crippen molar-refractivity contribution < 1.29 is 14.3 Å². The van der Waals surface area contributed by atoms with Crippen molar-refractivity contribution in [2.45, 2.75) is 0 Å². The van der Waals surface area contributed by atoms with E-state index in [0.29, 0.717) is 5.82 Å². The first-order valence-electron chi connectivity index (χ1n) is 5.99. The van der Waals surface area contributed by atoms with E-state index in [2.05, 4.69) is 31.0 Å². The number of nitrogens with one attached hydrogen (secondary N) is 1. The van der Waals surface area contributed by atoms with Gasteiger partial charge in [-0.25, -0.2) is 9.78 Å². The Balaban J connectivity index is 2.27. The van der Waals surface area contributed by atoms with Crippen molar-refractivity contribution in [2.75, 3.05) is 25.3 Å². The molecule has 0 unspecified atom stereocenters. The molecule has 7 heteroatoms. The second-order valence-corrected chi connectivity index (χ2v) is 4.98. The van der Waals surface area contributed by atoms with E-state index in [1.807, 2.05) is 18.2 Å². The highest BCUT2D eigenvalue weighted by molar-refractivity contribution is 9.10. The number of aromatic nitrogens is 1. The lowest BCUT2D eigenvalue weighted by molar-refractivity contribution is 0.0602. The lowest BCUT2D eigenvalue weighted by Gasteiger charge is -2.10. The van der Waals surface area contributed by atoms with Crippen molar-refractivity contribution in [2.24, 2.45) is 0 Å². The zero-order valence-electron chi connectivity index (χ0n) is 11.5. The Kier molecular flexibility index (Phi) is 4.64. The number of hydrogen-bond acceptors (Lipinski definition) is 6. The SMILES string of the molecule is COC(=O)c1cc(Nc2ccc(OC)c(Br)c2)ncc1N. The van der Waals surface area contributed by atoms with Crippen LogP contribution in [0.3, 0.4) is 0 Å². The second kappa shape index (κ2) is 6.45. The van der Waals surface area contributed by atoms with Gasteiger partial charge in [-0.15, -0.1) is 0 Å². The zero-order chi connectivity index (χ0) is 15.4. The molecular weight excluding hydrogens is 338 g/mol. The molecule has 0 radical (unpaired) electrons. The zero-order valence-corrected chi connectivity index (χ0v) is 13.1. The minimum atomic E-state index is -0.506. The van der Waals surface area contributed by atoms with Gasteiger partial charge in [0.25, 0.3) is 0 Å². The summed E-state index contributed by atoms with van der Waals surface area (Å²) >= 11 is 3.40. The summed E-state index contributed by atoms with van der Waals surface area (Å²) in [6.07, 6.45) is 1.41. The third-order valence-corrected chi connectivity index (χ3v) is 3.38. The number of carbonyl (C=O) groups is 1. The highest BCUT2D eigenvalue weighted by Crippen LogP contribution is 2.29. The third-order valence-electron chi connectivity index (χ3n) is 2.76. The number of anilines is 3. The van der Waals surface area contributed by atoms with E-state index in [4.69, 9.17) is 10.5 Å². The van der Waals surface area contributed by atoms with E-state index >= 15 is 0 Å². The number of ether oxygens (including phenoxy) is 2. The summed E-state index contributed by atoms with van der Waals surface area (Å²) in [5.41, 5.74) is 7.03. The van der Waals surface area contributed by atoms with Gasteiger partial charge in [-0.1, -0.05) is 0 Å². The topological polar surface area (TPSA) is 86.5 Å². The number of pyridine rings is 1. The summed E-state index contributed by atoms with van der Waals surface area (Å²) in [7, 11) is 2.90. The van der Waals surface area contributed by atoms with Crippen LogP contribution in [0.1, 0.15) is 10.4 Å². The molecule has 0 aliphatic rings.